The van der Waals surface area contributed by atoms with Gasteiger partial charge in [0.25, 0.3) is 5.91 Å². The van der Waals surface area contributed by atoms with Crippen LogP contribution >= 0.6 is 22.6 Å². The Morgan fingerprint density at radius 1 is 0.818 bits per heavy atom. The fraction of sp³-hybridized carbons (Fsp3) is 0.200. The van der Waals surface area contributed by atoms with Crippen molar-refractivity contribution in [1.82, 2.24) is 9.88 Å². The molecule has 0 saturated carbocycles. The SMILES string of the molecule is COc1cc(I)c(C(=O)N(CCN(Cc2ccccc2)Cc2ccccc2)c2ccnc3cc4c(cc23)OCO4)cc1OC. The summed E-state index contributed by atoms with van der Waals surface area (Å²) in [5.41, 5.74) is 4.39. The molecule has 5 aromatic rings. The summed E-state index contributed by atoms with van der Waals surface area (Å²) in [7, 11) is 3.16. The second kappa shape index (κ2) is 13.5. The van der Waals surface area contributed by atoms with E-state index in [4.69, 9.17) is 18.9 Å². The molecule has 224 valence electrons. The number of aromatic nitrogens is 1. The number of ether oxygens (including phenoxy) is 4. The van der Waals surface area contributed by atoms with Gasteiger partial charge < -0.3 is 23.8 Å². The van der Waals surface area contributed by atoms with Crippen molar-refractivity contribution in [3.63, 3.8) is 0 Å². The Labute approximate surface area is 270 Å². The van der Waals surface area contributed by atoms with Gasteiger partial charge in [-0.05, 0) is 58.0 Å². The molecule has 4 aromatic carbocycles. The third-order valence-electron chi connectivity index (χ3n) is 7.59. The van der Waals surface area contributed by atoms with E-state index in [9.17, 15) is 4.79 Å². The summed E-state index contributed by atoms with van der Waals surface area (Å²) in [6, 6.07) is 30.0. The molecule has 6 rings (SSSR count). The maximum Gasteiger partial charge on any atom is 0.259 e. The van der Waals surface area contributed by atoms with Crippen LogP contribution in [-0.2, 0) is 13.1 Å². The molecule has 0 aliphatic carbocycles. The van der Waals surface area contributed by atoms with Gasteiger partial charge in [-0.2, -0.15) is 0 Å². The first-order chi connectivity index (χ1) is 21.5. The van der Waals surface area contributed by atoms with Crippen LogP contribution in [0.15, 0.2) is 97.2 Å². The van der Waals surface area contributed by atoms with E-state index >= 15 is 0 Å². The number of hydrogen-bond acceptors (Lipinski definition) is 7. The molecule has 0 saturated heterocycles. The third-order valence-corrected chi connectivity index (χ3v) is 8.48. The monoisotopic (exact) mass is 701 g/mol. The molecule has 1 aliphatic rings. The van der Waals surface area contributed by atoms with Crippen molar-refractivity contribution in [2.24, 2.45) is 0 Å². The summed E-state index contributed by atoms with van der Waals surface area (Å²) in [6.07, 6.45) is 1.73. The number of pyridine rings is 1. The molecule has 1 amide bonds. The van der Waals surface area contributed by atoms with Crippen LogP contribution in [0.1, 0.15) is 21.5 Å². The Morgan fingerprint density at radius 3 is 2.07 bits per heavy atom. The fourth-order valence-corrected chi connectivity index (χ4v) is 6.06. The lowest BCUT2D eigenvalue weighted by Gasteiger charge is -2.29. The molecule has 0 unspecified atom stereocenters. The van der Waals surface area contributed by atoms with Crippen molar-refractivity contribution in [3.05, 3.63) is 117 Å². The molecule has 0 spiro atoms. The lowest BCUT2D eigenvalue weighted by atomic mass is 10.1. The molecule has 8 nitrogen and oxygen atoms in total. The number of benzene rings is 4. The zero-order chi connectivity index (χ0) is 30.5. The van der Waals surface area contributed by atoms with Crippen molar-refractivity contribution in [3.8, 4) is 23.0 Å². The molecular formula is C35H32IN3O5. The quantitative estimate of drug-likeness (QED) is 0.138. The molecule has 0 atom stereocenters. The molecule has 44 heavy (non-hydrogen) atoms. The van der Waals surface area contributed by atoms with Crippen molar-refractivity contribution in [2.75, 3.05) is 39.0 Å². The van der Waals surface area contributed by atoms with Crippen LogP contribution in [0.4, 0.5) is 5.69 Å². The predicted molar refractivity (Wildman–Crippen MR) is 179 cm³/mol. The normalized spacial score (nSPS) is 12.0. The molecule has 9 heteroatoms. The van der Waals surface area contributed by atoms with Gasteiger partial charge in [0.05, 0.1) is 31.0 Å². The molecular weight excluding hydrogens is 669 g/mol. The maximum atomic E-state index is 14.6. The van der Waals surface area contributed by atoms with E-state index in [1.165, 1.54) is 11.1 Å². The van der Waals surface area contributed by atoms with E-state index in [-0.39, 0.29) is 12.7 Å². The zero-order valence-electron chi connectivity index (χ0n) is 24.5. The van der Waals surface area contributed by atoms with Gasteiger partial charge in [-0.1, -0.05) is 60.7 Å². The number of rotatable bonds is 11. The topological polar surface area (TPSA) is 73.4 Å². The predicted octanol–water partition coefficient (Wildman–Crippen LogP) is 6.93. The van der Waals surface area contributed by atoms with E-state index < -0.39 is 0 Å². The van der Waals surface area contributed by atoms with E-state index in [0.29, 0.717) is 41.7 Å². The minimum Gasteiger partial charge on any atom is -0.493 e. The number of anilines is 1. The Morgan fingerprint density at radius 2 is 1.43 bits per heavy atom. The zero-order valence-corrected chi connectivity index (χ0v) is 26.7. The molecule has 0 bridgehead atoms. The van der Waals surface area contributed by atoms with Gasteiger partial charge in [-0.15, -0.1) is 0 Å². The fourth-order valence-electron chi connectivity index (χ4n) is 5.39. The van der Waals surface area contributed by atoms with E-state index in [1.54, 1.807) is 26.5 Å². The summed E-state index contributed by atoms with van der Waals surface area (Å²) >= 11 is 2.18. The first kappa shape index (κ1) is 29.7. The second-order valence-corrected chi connectivity index (χ2v) is 11.5. The lowest BCUT2D eigenvalue weighted by Crippen LogP contribution is -2.39. The standard InChI is InChI=1S/C35H32IN3O5/c1-41-31-17-26(28(36)19-32(31)42-2)35(40)39(30-13-14-37-29-20-34-33(18-27(29)30)43-23-44-34)16-15-38(21-24-9-5-3-6-10-24)22-25-11-7-4-8-12-25/h3-14,17-20H,15-16,21-23H2,1-2H3. The van der Waals surface area contributed by atoms with Gasteiger partial charge in [-0.25, -0.2) is 0 Å². The number of hydrogen-bond donors (Lipinski definition) is 0. The van der Waals surface area contributed by atoms with Crippen LogP contribution in [0.5, 0.6) is 23.0 Å². The third kappa shape index (κ3) is 6.44. The van der Waals surface area contributed by atoms with Crippen LogP contribution in [0.2, 0.25) is 0 Å². The van der Waals surface area contributed by atoms with Gasteiger partial charge in [0, 0.05) is 47.4 Å². The highest BCUT2D eigenvalue weighted by atomic mass is 127. The van der Waals surface area contributed by atoms with Crippen molar-refractivity contribution in [1.29, 1.82) is 0 Å². The van der Waals surface area contributed by atoms with Gasteiger partial charge >= 0.3 is 0 Å². The summed E-state index contributed by atoms with van der Waals surface area (Å²) in [5.74, 6) is 2.19. The lowest BCUT2D eigenvalue weighted by molar-refractivity contribution is 0.0981. The highest BCUT2D eigenvalue weighted by Crippen LogP contribution is 2.39. The van der Waals surface area contributed by atoms with E-state index in [0.717, 1.165) is 33.3 Å². The number of methoxy groups -OCH3 is 2. The number of halogens is 1. The average Bonchev–Trinajstić information content (AvgIpc) is 3.52. The Hall–Kier alpha value is -4.35. The second-order valence-electron chi connectivity index (χ2n) is 10.4. The van der Waals surface area contributed by atoms with Gasteiger partial charge in [0.15, 0.2) is 23.0 Å². The van der Waals surface area contributed by atoms with Crippen LogP contribution < -0.4 is 23.8 Å². The summed E-state index contributed by atoms with van der Waals surface area (Å²) < 4.78 is 23.1. The summed E-state index contributed by atoms with van der Waals surface area (Å²) in [4.78, 5) is 23.4. The van der Waals surface area contributed by atoms with Crippen molar-refractivity contribution in [2.45, 2.75) is 13.1 Å². The number of nitrogens with zero attached hydrogens (tertiary/aromatic N) is 3. The van der Waals surface area contributed by atoms with Gasteiger partial charge in [-0.3, -0.25) is 14.7 Å². The summed E-state index contributed by atoms with van der Waals surface area (Å²) in [5, 5.41) is 0.804. The number of amides is 1. The molecule has 0 N–H and O–H groups in total. The number of fused-ring (bicyclic) bond motifs is 2. The Kier molecular flexibility index (Phi) is 9.13. The van der Waals surface area contributed by atoms with Gasteiger partial charge in [0.2, 0.25) is 6.79 Å². The van der Waals surface area contributed by atoms with Crippen LogP contribution in [0.25, 0.3) is 10.9 Å². The number of carbonyl (C=O) groups excluding carboxylic acids is 1. The molecule has 1 aliphatic heterocycles. The minimum absolute atomic E-state index is 0.153. The van der Waals surface area contributed by atoms with Crippen LogP contribution in [0, 0.1) is 3.57 Å². The first-order valence-electron chi connectivity index (χ1n) is 14.3. The van der Waals surface area contributed by atoms with E-state index in [1.807, 2.05) is 41.3 Å². The van der Waals surface area contributed by atoms with Gasteiger partial charge in [0.1, 0.15) is 0 Å². The van der Waals surface area contributed by atoms with E-state index in [2.05, 4.69) is 81.0 Å². The molecule has 0 fully saturated rings. The number of carbonyl (C=O) groups is 1. The average molecular weight is 702 g/mol. The van der Waals surface area contributed by atoms with Crippen molar-refractivity contribution < 1.29 is 23.7 Å². The largest absolute Gasteiger partial charge is 0.493 e. The Bertz CT molecular complexity index is 1730. The highest BCUT2D eigenvalue weighted by molar-refractivity contribution is 14.1. The van der Waals surface area contributed by atoms with Crippen molar-refractivity contribution >= 4 is 45.1 Å². The molecule has 0 radical (unpaired) electrons. The molecule has 2 heterocycles. The summed E-state index contributed by atoms with van der Waals surface area (Å²) in [6.45, 7) is 2.68. The maximum absolute atomic E-state index is 14.6. The van der Waals surface area contributed by atoms with Crippen LogP contribution in [-0.4, -0.2) is 49.9 Å². The van der Waals surface area contributed by atoms with Crippen LogP contribution in [0.3, 0.4) is 0 Å². The first-order valence-corrected chi connectivity index (χ1v) is 15.3. The smallest absolute Gasteiger partial charge is 0.259 e. The highest BCUT2D eigenvalue weighted by Gasteiger charge is 2.26. The minimum atomic E-state index is -0.153. The molecule has 1 aromatic heterocycles. The Balaban J connectivity index is 1.40.